The van der Waals surface area contributed by atoms with Crippen LogP contribution in [0.3, 0.4) is 0 Å². The molecule has 174 valence electrons. The van der Waals surface area contributed by atoms with E-state index in [0.29, 0.717) is 30.6 Å². The number of anilines is 2. The molecule has 0 aliphatic carbocycles. The zero-order valence-electron chi connectivity index (χ0n) is 18.8. The molecule has 8 heteroatoms. The van der Waals surface area contributed by atoms with Crippen molar-refractivity contribution in [1.82, 2.24) is 9.78 Å². The molecule has 1 saturated heterocycles. The highest BCUT2D eigenvalue weighted by atomic mass is 32.1. The molecule has 0 atom stereocenters. The van der Waals surface area contributed by atoms with Crippen LogP contribution in [0.25, 0.3) is 22.3 Å². The molecule has 2 aromatic heterocycles. The summed E-state index contributed by atoms with van der Waals surface area (Å²) >= 11 is 1.59. The average Bonchev–Trinajstić information content (AvgIpc) is 3.54. The predicted octanol–water partition coefficient (Wildman–Crippen LogP) is 5.30. The van der Waals surface area contributed by atoms with Gasteiger partial charge in [-0.05, 0) is 60.3 Å². The second-order valence-electron chi connectivity index (χ2n) is 8.04. The van der Waals surface area contributed by atoms with Crippen LogP contribution in [0.15, 0.2) is 84.4 Å². The van der Waals surface area contributed by atoms with E-state index < -0.39 is 0 Å². The van der Waals surface area contributed by atoms with Gasteiger partial charge in [0, 0.05) is 36.4 Å². The van der Waals surface area contributed by atoms with Gasteiger partial charge in [-0.25, -0.2) is 4.68 Å². The molecule has 5 rings (SSSR count). The van der Waals surface area contributed by atoms with Crippen molar-refractivity contribution in [3.05, 3.63) is 89.9 Å². The summed E-state index contributed by atoms with van der Waals surface area (Å²) in [6, 6.07) is 20.5. The van der Waals surface area contributed by atoms with Crippen molar-refractivity contribution in [2.45, 2.75) is 19.3 Å². The Morgan fingerprint density at radius 3 is 2.34 bits per heavy atom. The molecule has 1 fully saturated rings. The van der Waals surface area contributed by atoms with Crippen LogP contribution in [0.5, 0.6) is 0 Å². The van der Waals surface area contributed by atoms with E-state index in [1.165, 1.54) is 11.0 Å². The molecule has 7 nitrogen and oxygen atoms in total. The topological polar surface area (TPSA) is 84.3 Å². The second kappa shape index (κ2) is 9.90. The maximum Gasteiger partial charge on any atom is 0.248 e. The minimum absolute atomic E-state index is 0.196. The van der Waals surface area contributed by atoms with Crippen molar-refractivity contribution in [1.29, 1.82) is 0 Å². The van der Waals surface area contributed by atoms with Gasteiger partial charge in [0.05, 0.1) is 16.3 Å². The Morgan fingerprint density at radius 1 is 0.914 bits per heavy atom. The van der Waals surface area contributed by atoms with E-state index in [9.17, 15) is 14.4 Å². The van der Waals surface area contributed by atoms with Crippen LogP contribution < -0.4 is 10.2 Å². The molecule has 0 saturated carbocycles. The molecule has 3 amide bonds. The summed E-state index contributed by atoms with van der Waals surface area (Å²) in [5.74, 6) is -0.690. The number of hydrogen-bond donors (Lipinski definition) is 1. The number of hydrogen-bond acceptors (Lipinski definition) is 5. The number of nitrogens with one attached hydrogen (secondary N) is 1. The van der Waals surface area contributed by atoms with Crippen LogP contribution in [0.1, 0.15) is 24.8 Å². The molecule has 0 bridgehead atoms. The van der Waals surface area contributed by atoms with Gasteiger partial charge in [-0.1, -0.05) is 24.3 Å². The Labute approximate surface area is 206 Å². The van der Waals surface area contributed by atoms with E-state index in [0.717, 1.165) is 21.8 Å². The van der Waals surface area contributed by atoms with Crippen LogP contribution in [-0.2, 0) is 14.4 Å². The number of carbonyl (C=O) groups excluding carboxylic acids is 3. The monoisotopic (exact) mass is 482 g/mol. The van der Waals surface area contributed by atoms with Gasteiger partial charge in [0.2, 0.25) is 17.7 Å². The van der Waals surface area contributed by atoms with Gasteiger partial charge in [-0.3, -0.25) is 19.3 Å². The van der Waals surface area contributed by atoms with Crippen LogP contribution in [-0.4, -0.2) is 27.5 Å². The van der Waals surface area contributed by atoms with Gasteiger partial charge in [0.1, 0.15) is 5.69 Å². The number of piperidine rings is 1. The summed E-state index contributed by atoms with van der Waals surface area (Å²) in [5.41, 5.74) is 3.64. The Bertz CT molecular complexity index is 1370. The number of aromatic nitrogens is 2. The first-order valence-electron chi connectivity index (χ1n) is 11.2. The summed E-state index contributed by atoms with van der Waals surface area (Å²) in [5, 5.41) is 9.55. The fourth-order valence-corrected chi connectivity index (χ4v) is 4.64. The smallest absolute Gasteiger partial charge is 0.248 e. The predicted molar refractivity (Wildman–Crippen MR) is 137 cm³/mol. The first-order valence-corrected chi connectivity index (χ1v) is 12.1. The molecule has 0 radical (unpaired) electrons. The summed E-state index contributed by atoms with van der Waals surface area (Å²) in [4.78, 5) is 39.1. The van der Waals surface area contributed by atoms with Crippen LogP contribution in [0.2, 0.25) is 0 Å². The van der Waals surface area contributed by atoms with Gasteiger partial charge in [0.15, 0.2) is 0 Å². The summed E-state index contributed by atoms with van der Waals surface area (Å²) < 4.78 is 1.80. The molecule has 3 heterocycles. The lowest BCUT2D eigenvalue weighted by molar-refractivity contribution is -0.129. The quantitative estimate of drug-likeness (QED) is 0.299. The third kappa shape index (κ3) is 4.97. The molecular formula is C27H22N4O3S. The summed E-state index contributed by atoms with van der Waals surface area (Å²) in [7, 11) is 0. The average molecular weight is 483 g/mol. The van der Waals surface area contributed by atoms with Gasteiger partial charge < -0.3 is 5.32 Å². The van der Waals surface area contributed by atoms with Crippen molar-refractivity contribution in [2.24, 2.45) is 0 Å². The fourth-order valence-electron chi connectivity index (χ4n) is 3.91. The number of para-hydroxylation sites is 1. The lowest BCUT2D eigenvalue weighted by Gasteiger charge is -2.24. The minimum Gasteiger partial charge on any atom is -0.323 e. The highest BCUT2D eigenvalue weighted by Gasteiger charge is 2.27. The fraction of sp³-hybridized carbons (Fsp3) is 0.111. The van der Waals surface area contributed by atoms with Gasteiger partial charge in [0.25, 0.3) is 0 Å². The van der Waals surface area contributed by atoms with Crippen molar-refractivity contribution in [3.8, 4) is 16.3 Å². The number of imide groups is 1. The number of carbonyl (C=O) groups is 3. The molecule has 4 aromatic rings. The molecule has 0 unspecified atom stereocenters. The van der Waals surface area contributed by atoms with E-state index in [1.807, 2.05) is 54.0 Å². The van der Waals surface area contributed by atoms with Crippen molar-refractivity contribution < 1.29 is 14.4 Å². The number of amides is 3. The molecule has 2 aromatic carbocycles. The molecule has 35 heavy (non-hydrogen) atoms. The Kier molecular flexibility index (Phi) is 6.36. The maximum atomic E-state index is 12.6. The SMILES string of the molecule is O=C(/C=C/c1cn(-c2ccccc2)nc1-c1cccs1)Nc1ccc(N2C(=O)CCCC2=O)cc1. The summed E-state index contributed by atoms with van der Waals surface area (Å²) in [6.45, 7) is 0. The number of benzene rings is 2. The van der Waals surface area contributed by atoms with E-state index >= 15 is 0 Å². The van der Waals surface area contributed by atoms with Crippen molar-refractivity contribution in [2.75, 3.05) is 10.2 Å². The minimum atomic E-state index is -0.299. The Balaban J connectivity index is 1.32. The highest BCUT2D eigenvalue weighted by Crippen LogP contribution is 2.29. The third-order valence-corrected chi connectivity index (χ3v) is 6.48. The third-order valence-electron chi connectivity index (χ3n) is 5.61. The molecule has 1 aliphatic rings. The maximum absolute atomic E-state index is 12.6. The van der Waals surface area contributed by atoms with Gasteiger partial charge in [-0.2, -0.15) is 5.10 Å². The van der Waals surface area contributed by atoms with Crippen LogP contribution >= 0.6 is 11.3 Å². The number of thiophene rings is 1. The van der Waals surface area contributed by atoms with E-state index in [2.05, 4.69) is 5.32 Å². The second-order valence-corrected chi connectivity index (χ2v) is 8.98. The number of rotatable bonds is 6. The standard InChI is InChI=1S/C27H22N4O3S/c32-24(28-20-12-14-22(15-13-20)31-25(33)9-4-10-26(31)34)16-11-19-18-30(21-6-2-1-3-7-21)29-27(19)23-8-5-17-35-23/h1-3,5-8,11-18H,4,9-10H2,(H,28,32)/b16-11+. The van der Waals surface area contributed by atoms with Crippen molar-refractivity contribution >= 4 is 46.5 Å². The number of nitrogens with zero attached hydrogens (tertiary/aromatic N) is 3. The van der Waals surface area contributed by atoms with E-state index in [1.54, 1.807) is 46.4 Å². The lowest BCUT2D eigenvalue weighted by atomic mass is 10.1. The van der Waals surface area contributed by atoms with Gasteiger partial charge >= 0.3 is 0 Å². The summed E-state index contributed by atoms with van der Waals surface area (Å²) in [6.07, 6.45) is 6.43. The highest BCUT2D eigenvalue weighted by molar-refractivity contribution is 7.13. The molecule has 0 spiro atoms. The largest absolute Gasteiger partial charge is 0.323 e. The molecule has 1 aliphatic heterocycles. The van der Waals surface area contributed by atoms with Crippen LogP contribution in [0, 0.1) is 0 Å². The van der Waals surface area contributed by atoms with Crippen molar-refractivity contribution in [3.63, 3.8) is 0 Å². The first kappa shape index (κ1) is 22.5. The molecule has 1 N–H and O–H groups in total. The first-order chi connectivity index (χ1) is 17.1. The Morgan fingerprint density at radius 2 is 1.66 bits per heavy atom. The lowest BCUT2D eigenvalue weighted by Crippen LogP contribution is -2.40. The molecular weight excluding hydrogens is 460 g/mol. The van der Waals surface area contributed by atoms with E-state index in [-0.39, 0.29) is 17.7 Å². The zero-order valence-corrected chi connectivity index (χ0v) is 19.6. The Hall–Kier alpha value is -4.30. The normalized spacial score (nSPS) is 14.0. The van der Waals surface area contributed by atoms with Crippen LogP contribution in [0.4, 0.5) is 11.4 Å². The zero-order chi connectivity index (χ0) is 24.2. The van der Waals surface area contributed by atoms with E-state index in [4.69, 9.17) is 5.10 Å². The van der Waals surface area contributed by atoms with Gasteiger partial charge in [-0.15, -0.1) is 11.3 Å².